The molecular weight excluding hydrogens is 636 g/mol. The zero-order valence-corrected chi connectivity index (χ0v) is 30.8. The predicted octanol–water partition coefficient (Wildman–Crippen LogP) is 5.79. The summed E-state index contributed by atoms with van der Waals surface area (Å²) in [7, 11) is 0. The predicted molar refractivity (Wildman–Crippen MR) is 187 cm³/mol. The number of hydrogen-bond donors (Lipinski definition) is 1. The molecule has 0 spiro atoms. The second-order valence-corrected chi connectivity index (χ2v) is 16.6. The van der Waals surface area contributed by atoms with Crippen molar-refractivity contribution in [1.82, 2.24) is 9.80 Å². The van der Waals surface area contributed by atoms with Gasteiger partial charge in [0.25, 0.3) is 0 Å². The molecule has 1 N–H and O–H groups in total. The van der Waals surface area contributed by atoms with Gasteiger partial charge in [0, 0.05) is 19.5 Å². The van der Waals surface area contributed by atoms with Gasteiger partial charge in [-0.3, -0.25) is 19.2 Å². The minimum atomic E-state index is -0.938. The van der Waals surface area contributed by atoms with Gasteiger partial charge in [-0.2, -0.15) is 0 Å². The number of esters is 2. The van der Waals surface area contributed by atoms with E-state index in [4.69, 9.17) is 14.2 Å². The number of benzene rings is 2. The van der Waals surface area contributed by atoms with Crippen LogP contribution >= 0.6 is 0 Å². The Morgan fingerprint density at radius 1 is 0.840 bits per heavy atom. The van der Waals surface area contributed by atoms with Crippen LogP contribution in [0.5, 0.6) is 0 Å². The van der Waals surface area contributed by atoms with Crippen LogP contribution in [-0.4, -0.2) is 81.8 Å². The summed E-state index contributed by atoms with van der Waals surface area (Å²) < 4.78 is 16.6. The molecule has 1 saturated carbocycles. The van der Waals surface area contributed by atoms with Crippen molar-refractivity contribution in [3.05, 3.63) is 71.8 Å². The minimum Gasteiger partial charge on any atom is -0.459 e. The molecule has 0 radical (unpaired) electrons. The molecule has 4 aliphatic rings. The number of carbonyl (C=O) groups excluding carboxylic acids is 4. The number of nitrogens with zero attached hydrogens (tertiary/aromatic N) is 2. The van der Waals surface area contributed by atoms with Gasteiger partial charge in [0.1, 0.15) is 11.2 Å². The highest BCUT2D eigenvalue weighted by Crippen LogP contribution is 2.52. The number of aliphatic hydroxyl groups excluding tert-OH is 1. The van der Waals surface area contributed by atoms with E-state index in [-0.39, 0.29) is 54.8 Å². The summed E-state index contributed by atoms with van der Waals surface area (Å²) in [5.41, 5.74) is -0.836. The van der Waals surface area contributed by atoms with Crippen LogP contribution in [0.4, 0.5) is 0 Å². The third-order valence-electron chi connectivity index (χ3n) is 10.2. The SMILES string of the molecule is C[C@H](c1ccccc1)N1C[C@@](CC2CO2)(C(=O)OC(C)(C)C)CC1=O.C[C@H](c1ccccc1)N1C[C@]2(C(=O)OC(C)(C)C)CC(O)C[C@@H]2C1=O. The first-order chi connectivity index (χ1) is 23.3. The molecule has 3 heterocycles. The normalized spacial score (nSPS) is 28.8. The van der Waals surface area contributed by atoms with E-state index in [0.29, 0.717) is 32.5 Å². The number of amides is 2. The van der Waals surface area contributed by atoms with E-state index in [9.17, 15) is 24.3 Å². The third kappa shape index (κ3) is 8.23. The highest BCUT2D eigenvalue weighted by Gasteiger charge is 2.63. The molecule has 4 fully saturated rings. The van der Waals surface area contributed by atoms with Crippen molar-refractivity contribution < 1.29 is 38.5 Å². The largest absolute Gasteiger partial charge is 0.459 e. The lowest BCUT2D eigenvalue weighted by Gasteiger charge is -2.32. The molecule has 0 bridgehead atoms. The van der Waals surface area contributed by atoms with Gasteiger partial charge >= 0.3 is 11.9 Å². The first kappa shape index (κ1) is 37.5. The summed E-state index contributed by atoms with van der Waals surface area (Å²) in [5.74, 6) is -1.20. The topological polar surface area (TPSA) is 126 Å². The number of ether oxygens (including phenoxy) is 3. The summed E-state index contributed by atoms with van der Waals surface area (Å²) in [6, 6.07) is 19.5. The molecule has 3 aliphatic heterocycles. The van der Waals surface area contributed by atoms with Crippen molar-refractivity contribution in [3.63, 3.8) is 0 Å². The van der Waals surface area contributed by atoms with Gasteiger partial charge < -0.3 is 29.1 Å². The Kier molecular flexibility index (Phi) is 10.6. The number of aliphatic hydroxyl groups is 1. The van der Waals surface area contributed by atoms with Gasteiger partial charge in [-0.05, 0) is 85.8 Å². The van der Waals surface area contributed by atoms with Crippen LogP contribution in [-0.2, 0) is 33.4 Å². The Balaban J connectivity index is 0.000000194. The summed E-state index contributed by atoms with van der Waals surface area (Å²) in [6.45, 7) is 16.4. The fourth-order valence-electron chi connectivity index (χ4n) is 7.64. The second-order valence-electron chi connectivity index (χ2n) is 16.6. The smallest absolute Gasteiger partial charge is 0.315 e. The van der Waals surface area contributed by atoms with Gasteiger partial charge in [-0.25, -0.2) is 0 Å². The zero-order chi connectivity index (χ0) is 36.6. The number of carbonyl (C=O) groups is 4. The molecule has 50 heavy (non-hydrogen) atoms. The maximum Gasteiger partial charge on any atom is 0.315 e. The van der Waals surface area contributed by atoms with Crippen molar-refractivity contribution in [2.24, 2.45) is 16.7 Å². The molecule has 6 rings (SSSR count). The average molecular weight is 691 g/mol. The van der Waals surface area contributed by atoms with Gasteiger partial charge in [-0.1, -0.05) is 60.7 Å². The number of rotatable bonds is 8. The van der Waals surface area contributed by atoms with Crippen LogP contribution in [0.2, 0.25) is 0 Å². The maximum atomic E-state index is 13.0. The lowest BCUT2D eigenvalue weighted by molar-refractivity contribution is -0.169. The van der Waals surface area contributed by atoms with Crippen molar-refractivity contribution in [2.45, 2.75) is 117 Å². The molecule has 2 aromatic carbocycles. The van der Waals surface area contributed by atoms with Crippen LogP contribution in [0.25, 0.3) is 0 Å². The van der Waals surface area contributed by atoms with Crippen LogP contribution in [0.3, 0.4) is 0 Å². The van der Waals surface area contributed by atoms with E-state index in [1.54, 1.807) is 4.90 Å². The van der Waals surface area contributed by atoms with Gasteiger partial charge in [0.15, 0.2) is 0 Å². The minimum absolute atomic E-state index is 0.00265. The number of hydrogen-bond acceptors (Lipinski definition) is 8. The molecular formula is C40H54N2O8. The number of likely N-dealkylation sites (tertiary alicyclic amines) is 2. The van der Waals surface area contributed by atoms with Crippen molar-refractivity contribution in [2.75, 3.05) is 19.7 Å². The van der Waals surface area contributed by atoms with E-state index >= 15 is 0 Å². The van der Waals surface area contributed by atoms with Gasteiger partial charge in [0.05, 0.1) is 47.6 Å². The van der Waals surface area contributed by atoms with Crippen LogP contribution < -0.4 is 0 Å². The quantitative estimate of drug-likeness (QED) is 0.273. The van der Waals surface area contributed by atoms with Crippen molar-refractivity contribution in [1.29, 1.82) is 0 Å². The van der Waals surface area contributed by atoms with Crippen LogP contribution in [0, 0.1) is 16.7 Å². The van der Waals surface area contributed by atoms with Crippen LogP contribution in [0.15, 0.2) is 60.7 Å². The summed E-state index contributed by atoms with van der Waals surface area (Å²) in [4.78, 5) is 55.3. The second kappa shape index (κ2) is 14.1. The van der Waals surface area contributed by atoms with E-state index < -0.39 is 34.1 Å². The van der Waals surface area contributed by atoms with Crippen LogP contribution in [0.1, 0.15) is 104 Å². The van der Waals surface area contributed by atoms with Crippen molar-refractivity contribution >= 4 is 23.8 Å². The zero-order valence-electron chi connectivity index (χ0n) is 30.8. The molecule has 2 aromatic rings. The lowest BCUT2D eigenvalue weighted by atomic mass is 9.80. The first-order valence-corrected chi connectivity index (χ1v) is 17.8. The Morgan fingerprint density at radius 3 is 1.84 bits per heavy atom. The van der Waals surface area contributed by atoms with Gasteiger partial charge in [-0.15, -0.1) is 0 Å². The van der Waals surface area contributed by atoms with E-state index in [1.165, 1.54) is 0 Å². The van der Waals surface area contributed by atoms with Crippen molar-refractivity contribution in [3.8, 4) is 0 Å². The monoisotopic (exact) mass is 690 g/mol. The maximum absolute atomic E-state index is 13.0. The van der Waals surface area contributed by atoms with E-state index in [1.807, 2.05) is 121 Å². The average Bonchev–Trinajstić information content (AvgIpc) is 3.60. The lowest BCUT2D eigenvalue weighted by Crippen LogP contribution is -2.41. The molecule has 2 unspecified atom stereocenters. The first-order valence-electron chi connectivity index (χ1n) is 17.8. The summed E-state index contributed by atoms with van der Waals surface area (Å²) >= 11 is 0. The molecule has 272 valence electrons. The molecule has 1 aliphatic carbocycles. The molecule has 7 atom stereocenters. The molecule has 3 saturated heterocycles. The highest BCUT2D eigenvalue weighted by atomic mass is 16.6. The standard InChI is InChI=1S/2C20H27NO4/c1-14(15-8-6-5-7-9-15)21-13-20(11-17(21)22,10-16-12-24-16)18(23)25-19(2,3)4;1-13(14-8-6-5-7-9-14)21-12-20(18(24)25-19(2,3)4)11-15(22)10-16(20)17(21)23/h5-9,14,16H,10-13H2,1-4H3;5-9,13,15-16,22H,10-12H2,1-4H3/t14-,16?,20+;13-,15?,16-,20-/m11/s1. The third-order valence-corrected chi connectivity index (χ3v) is 10.2. The highest BCUT2D eigenvalue weighted by molar-refractivity contribution is 5.93. The Labute approximate surface area is 296 Å². The summed E-state index contributed by atoms with van der Waals surface area (Å²) in [6.07, 6.45) is 0.791. The molecule has 10 heteroatoms. The molecule has 10 nitrogen and oxygen atoms in total. The molecule has 2 amide bonds. The van der Waals surface area contributed by atoms with E-state index in [0.717, 1.165) is 11.1 Å². The Hall–Kier alpha value is -3.76. The fraction of sp³-hybridized carbons (Fsp3) is 0.600. The van der Waals surface area contributed by atoms with Gasteiger partial charge in [0.2, 0.25) is 11.8 Å². The number of epoxide rings is 1. The Bertz CT molecular complexity index is 1550. The Morgan fingerprint density at radius 2 is 1.34 bits per heavy atom. The number of fused-ring (bicyclic) bond motifs is 1. The molecule has 0 aromatic heterocycles. The van der Waals surface area contributed by atoms with E-state index in [2.05, 4.69) is 0 Å². The fourth-order valence-corrected chi connectivity index (χ4v) is 7.64. The summed E-state index contributed by atoms with van der Waals surface area (Å²) in [5, 5.41) is 10.1.